The zero-order chi connectivity index (χ0) is 17.7. The maximum Gasteiger partial charge on any atom is 0.289 e. The first-order chi connectivity index (χ1) is 12.7. The molecule has 6 heteroatoms. The topological polar surface area (TPSA) is 71.4 Å². The maximum atomic E-state index is 12.7. The number of carbonyl (C=O) groups excluding carboxylic acids is 1. The zero-order valence-electron chi connectivity index (χ0n) is 14.2. The van der Waals surface area contributed by atoms with Gasteiger partial charge in [0.1, 0.15) is 5.82 Å². The number of furan rings is 1. The molecule has 0 unspecified atom stereocenters. The van der Waals surface area contributed by atoms with Crippen molar-refractivity contribution in [2.45, 2.75) is 5.92 Å². The second-order valence-corrected chi connectivity index (χ2v) is 6.54. The number of H-pyrrole nitrogens is 1. The van der Waals surface area contributed by atoms with E-state index in [1.54, 1.807) is 18.1 Å². The number of amides is 1. The molecule has 0 spiro atoms. The van der Waals surface area contributed by atoms with Gasteiger partial charge in [-0.3, -0.25) is 4.79 Å². The molecule has 26 heavy (non-hydrogen) atoms. The van der Waals surface area contributed by atoms with Crippen LogP contribution < -0.4 is 4.74 Å². The Balaban J connectivity index is 1.35. The van der Waals surface area contributed by atoms with E-state index in [9.17, 15) is 4.79 Å². The van der Waals surface area contributed by atoms with E-state index in [2.05, 4.69) is 9.97 Å². The van der Waals surface area contributed by atoms with Crippen LogP contribution in [0.5, 0.6) is 5.75 Å². The van der Waals surface area contributed by atoms with Crippen LogP contribution in [0.4, 0.5) is 0 Å². The Labute approximate surface area is 149 Å². The molecule has 5 rings (SSSR count). The lowest BCUT2D eigenvalue weighted by atomic mass is 9.99. The van der Waals surface area contributed by atoms with Crippen molar-refractivity contribution in [2.75, 3.05) is 20.2 Å². The van der Waals surface area contributed by atoms with Crippen molar-refractivity contribution in [3.05, 3.63) is 60.1 Å². The average molecular weight is 347 g/mol. The van der Waals surface area contributed by atoms with Gasteiger partial charge in [-0.05, 0) is 24.3 Å². The molecule has 2 aromatic carbocycles. The molecule has 0 bridgehead atoms. The molecule has 1 saturated heterocycles. The molecular weight excluding hydrogens is 330 g/mol. The smallest absolute Gasteiger partial charge is 0.289 e. The van der Waals surface area contributed by atoms with Crippen molar-refractivity contribution >= 4 is 27.9 Å². The van der Waals surface area contributed by atoms with Gasteiger partial charge in [-0.2, -0.15) is 0 Å². The van der Waals surface area contributed by atoms with E-state index in [0.717, 1.165) is 22.2 Å². The van der Waals surface area contributed by atoms with Crippen molar-refractivity contribution in [2.24, 2.45) is 0 Å². The Morgan fingerprint density at radius 1 is 1.23 bits per heavy atom. The highest BCUT2D eigenvalue weighted by molar-refractivity contribution is 5.97. The molecule has 0 saturated carbocycles. The van der Waals surface area contributed by atoms with Crippen LogP contribution in [0.2, 0.25) is 0 Å². The van der Waals surface area contributed by atoms with E-state index in [4.69, 9.17) is 9.15 Å². The van der Waals surface area contributed by atoms with Crippen LogP contribution in [0.15, 0.2) is 52.9 Å². The summed E-state index contributed by atoms with van der Waals surface area (Å²) in [5, 5.41) is 0.863. The number of methoxy groups -OCH3 is 1. The molecule has 0 atom stereocenters. The van der Waals surface area contributed by atoms with Gasteiger partial charge in [0.05, 0.1) is 24.1 Å². The number of hydrogen-bond donors (Lipinski definition) is 1. The van der Waals surface area contributed by atoms with Gasteiger partial charge in [0.15, 0.2) is 17.1 Å². The summed E-state index contributed by atoms with van der Waals surface area (Å²) < 4.78 is 11.1. The first kappa shape index (κ1) is 15.0. The van der Waals surface area contributed by atoms with E-state index in [0.29, 0.717) is 30.2 Å². The number of ether oxygens (including phenoxy) is 1. The lowest BCUT2D eigenvalue weighted by molar-refractivity contribution is 0.0565. The van der Waals surface area contributed by atoms with Gasteiger partial charge in [0.2, 0.25) is 0 Å². The number of likely N-dealkylation sites (tertiary alicyclic amines) is 1. The highest BCUT2D eigenvalue weighted by atomic mass is 16.5. The number of aromatic nitrogens is 2. The first-order valence-electron chi connectivity index (χ1n) is 8.53. The van der Waals surface area contributed by atoms with Gasteiger partial charge >= 0.3 is 0 Å². The number of hydrogen-bond acceptors (Lipinski definition) is 4. The number of fused-ring (bicyclic) bond motifs is 2. The molecule has 4 aromatic rings. The summed E-state index contributed by atoms with van der Waals surface area (Å²) in [5.74, 6) is 2.03. The summed E-state index contributed by atoms with van der Waals surface area (Å²) in [6.45, 7) is 1.26. The fraction of sp³-hybridized carbons (Fsp3) is 0.200. The molecule has 6 nitrogen and oxygen atoms in total. The molecular formula is C20H17N3O3. The molecule has 130 valence electrons. The lowest BCUT2D eigenvalue weighted by Crippen LogP contribution is -2.48. The largest absolute Gasteiger partial charge is 0.493 e. The summed E-state index contributed by atoms with van der Waals surface area (Å²) in [6.07, 6.45) is 0. The molecule has 0 radical (unpaired) electrons. The van der Waals surface area contributed by atoms with Crippen molar-refractivity contribution < 1.29 is 13.9 Å². The van der Waals surface area contributed by atoms with Crippen molar-refractivity contribution in [3.8, 4) is 5.75 Å². The predicted octanol–water partition coefficient (Wildman–Crippen LogP) is 3.56. The minimum Gasteiger partial charge on any atom is -0.493 e. The maximum absolute atomic E-state index is 12.7. The van der Waals surface area contributed by atoms with Crippen molar-refractivity contribution in [1.82, 2.24) is 14.9 Å². The number of para-hydroxylation sites is 3. The molecule has 3 heterocycles. The predicted molar refractivity (Wildman–Crippen MR) is 97.5 cm³/mol. The fourth-order valence-corrected chi connectivity index (χ4v) is 3.44. The number of nitrogens with zero attached hydrogens (tertiary/aromatic N) is 2. The average Bonchev–Trinajstić information content (AvgIpc) is 3.23. The van der Waals surface area contributed by atoms with Gasteiger partial charge in [-0.1, -0.05) is 24.3 Å². The normalized spacial score (nSPS) is 14.7. The Hall–Kier alpha value is -3.28. The highest BCUT2D eigenvalue weighted by Gasteiger charge is 2.35. The van der Waals surface area contributed by atoms with E-state index < -0.39 is 0 Å². The Morgan fingerprint density at radius 2 is 2.08 bits per heavy atom. The summed E-state index contributed by atoms with van der Waals surface area (Å²) in [6, 6.07) is 15.3. The summed E-state index contributed by atoms with van der Waals surface area (Å²) in [5.41, 5.74) is 2.58. The van der Waals surface area contributed by atoms with Crippen LogP contribution >= 0.6 is 0 Å². The van der Waals surface area contributed by atoms with Crippen LogP contribution in [-0.2, 0) is 0 Å². The molecule has 1 fully saturated rings. The van der Waals surface area contributed by atoms with E-state index in [1.165, 1.54) is 0 Å². The third-order valence-corrected chi connectivity index (χ3v) is 4.90. The van der Waals surface area contributed by atoms with E-state index in [1.807, 2.05) is 42.5 Å². The molecule has 1 aliphatic heterocycles. The number of nitrogens with one attached hydrogen (secondary N) is 1. The monoisotopic (exact) mass is 347 g/mol. The van der Waals surface area contributed by atoms with Crippen LogP contribution in [0.3, 0.4) is 0 Å². The summed E-state index contributed by atoms with van der Waals surface area (Å²) in [7, 11) is 1.59. The van der Waals surface area contributed by atoms with E-state index in [-0.39, 0.29) is 11.8 Å². The summed E-state index contributed by atoms with van der Waals surface area (Å²) >= 11 is 0. The standard InChI is InChI=1S/C20H17N3O3/c1-25-16-8-4-5-12-9-17(26-18(12)16)20(24)23-10-13(11-23)19-21-14-6-2-3-7-15(14)22-19/h2-9,13H,10-11H2,1H3,(H,21,22). The van der Waals surface area contributed by atoms with Gasteiger partial charge < -0.3 is 19.0 Å². The molecule has 0 aliphatic carbocycles. The molecule has 1 amide bonds. The Morgan fingerprint density at radius 3 is 2.88 bits per heavy atom. The summed E-state index contributed by atoms with van der Waals surface area (Å²) in [4.78, 5) is 22.5. The number of benzene rings is 2. The van der Waals surface area contributed by atoms with E-state index >= 15 is 0 Å². The van der Waals surface area contributed by atoms with Gasteiger partial charge in [-0.15, -0.1) is 0 Å². The molecule has 2 aromatic heterocycles. The second kappa shape index (κ2) is 5.62. The third-order valence-electron chi connectivity index (χ3n) is 4.90. The van der Waals surface area contributed by atoms with Gasteiger partial charge in [0.25, 0.3) is 5.91 Å². The van der Waals surface area contributed by atoms with Gasteiger partial charge in [-0.25, -0.2) is 4.98 Å². The highest BCUT2D eigenvalue weighted by Crippen LogP contribution is 2.32. The fourth-order valence-electron chi connectivity index (χ4n) is 3.44. The van der Waals surface area contributed by atoms with Gasteiger partial charge in [0, 0.05) is 18.5 Å². The Kier molecular flexibility index (Phi) is 3.25. The number of aromatic amines is 1. The first-order valence-corrected chi connectivity index (χ1v) is 8.53. The zero-order valence-corrected chi connectivity index (χ0v) is 14.2. The van der Waals surface area contributed by atoms with Crippen LogP contribution in [0.25, 0.3) is 22.0 Å². The number of carbonyl (C=O) groups is 1. The minimum absolute atomic E-state index is 0.101. The SMILES string of the molecule is COc1cccc2cc(C(=O)N3CC(c4nc5ccccc5[nH]4)C3)oc12. The second-order valence-electron chi connectivity index (χ2n) is 6.54. The van der Waals surface area contributed by atoms with Crippen molar-refractivity contribution in [3.63, 3.8) is 0 Å². The quantitative estimate of drug-likeness (QED) is 0.615. The third kappa shape index (κ3) is 2.26. The Bertz CT molecular complexity index is 1090. The van der Waals surface area contributed by atoms with Crippen LogP contribution in [-0.4, -0.2) is 41.0 Å². The number of rotatable bonds is 3. The lowest BCUT2D eigenvalue weighted by Gasteiger charge is -2.37. The van der Waals surface area contributed by atoms with Crippen molar-refractivity contribution in [1.29, 1.82) is 0 Å². The molecule has 1 aliphatic rings. The molecule has 1 N–H and O–H groups in total. The van der Waals surface area contributed by atoms with Crippen LogP contribution in [0.1, 0.15) is 22.3 Å². The van der Waals surface area contributed by atoms with Crippen LogP contribution in [0, 0.1) is 0 Å². The minimum atomic E-state index is -0.101. The number of imidazole rings is 1.